The molecule has 0 saturated carbocycles. The van der Waals surface area contributed by atoms with Crippen molar-refractivity contribution in [1.82, 2.24) is 0 Å². The van der Waals surface area contributed by atoms with Gasteiger partial charge in [-0.2, -0.15) is 0 Å². The molecule has 6 heteroatoms. The average Bonchev–Trinajstić information content (AvgIpc) is 2.44. The Bertz CT molecular complexity index is 629. The molecule has 0 unspecified atom stereocenters. The van der Waals surface area contributed by atoms with Crippen molar-refractivity contribution in [3.8, 4) is 28.7 Å². The summed E-state index contributed by atoms with van der Waals surface area (Å²) >= 11 is 0. The Balaban J connectivity index is 2.42. The Hall–Kier alpha value is -2.23. The lowest BCUT2D eigenvalue weighted by Crippen LogP contribution is -2.05. The number of rotatable bonds is 4. The SMILES string of the molecule is [B]c1ccc(Oc2cc([B])cc(OC)c2O)c(OC)c1. The average molecular weight is 266 g/mol. The number of ether oxygens (including phenoxy) is 3. The summed E-state index contributed by atoms with van der Waals surface area (Å²) in [5, 5.41) is 10.0. The molecule has 0 aliphatic carbocycles. The third-order valence-electron chi connectivity index (χ3n) is 2.69. The molecule has 2 aromatic rings. The van der Waals surface area contributed by atoms with Crippen molar-refractivity contribution < 1.29 is 19.3 Å². The molecule has 4 nitrogen and oxygen atoms in total. The topological polar surface area (TPSA) is 47.9 Å². The molecule has 1 N–H and O–H groups in total. The molecule has 0 aromatic heterocycles. The molecule has 0 bridgehead atoms. The molecule has 0 atom stereocenters. The van der Waals surface area contributed by atoms with Crippen molar-refractivity contribution >= 4 is 26.6 Å². The van der Waals surface area contributed by atoms with Gasteiger partial charge in [-0.3, -0.25) is 0 Å². The van der Waals surface area contributed by atoms with E-state index in [9.17, 15) is 5.11 Å². The highest BCUT2D eigenvalue weighted by atomic mass is 16.5. The Morgan fingerprint density at radius 3 is 2.05 bits per heavy atom. The van der Waals surface area contributed by atoms with Crippen molar-refractivity contribution in [2.45, 2.75) is 0 Å². The molecule has 0 amide bonds. The molecule has 0 aliphatic rings. The fourth-order valence-corrected chi connectivity index (χ4v) is 1.72. The van der Waals surface area contributed by atoms with Crippen LogP contribution in [0, 0.1) is 0 Å². The van der Waals surface area contributed by atoms with Gasteiger partial charge in [-0.05, 0) is 24.3 Å². The molecule has 0 heterocycles. The van der Waals surface area contributed by atoms with E-state index in [-0.39, 0.29) is 17.2 Å². The molecular weight excluding hydrogens is 254 g/mol. The van der Waals surface area contributed by atoms with E-state index in [0.717, 1.165) is 0 Å². The van der Waals surface area contributed by atoms with Crippen LogP contribution in [0.2, 0.25) is 0 Å². The van der Waals surface area contributed by atoms with Crippen LogP contribution in [-0.4, -0.2) is 35.0 Å². The Morgan fingerprint density at radius 1 is 0.800 bits per heavy atom. The van der Waals surface area contributed by atoms with Gasteiger partial charge >= 0.3 is 0 Å². The van der Waals surface area contributed by atoms with E-state index in [4.69, 9.17) is 29.9 Å². The van der Waals surface area contributed by atoms with Gasteiger partial charge in [0.15, 0.2) is 23.0 Å². The number of methoxy groups -OCH3 is 2. The van der Waals surface area contributed by atoms with E-state index in [1.165, 1.54) is 26.4 Å². The first-order valence-electron chi connectivity index (χ1n) is 5.83. The van der Waals surface area contributed by atoms with Crippen molar-refractivity contribution in [1.29, 1.82) is 0 Å². The first kappa shape index (κ1) is 14.2. The first-order valence-corrected chi connectivity index (χ1v) is 5.83. The van der Waals surface area contributed by atoms with Gasteiger partial charge in [0.1, 0.15) is 15.7 Å². The van der Waals surface area contributed by atoms with Gasteiger partial charge < -0.3 is 19.3 Å². The zero-order chi connectivity index (χ0) is 14.7. The van der Waals surface area contributed by atoms with E-state index < -0.39 is 0 Å². The smallest absolute Gasteiger partial charge is 0.201 e. The molecule has 2 rings (SSSR count). The Labute approximate surface area is 120 Å². The quantitative estimate of drug-likeness (QED) is 0.831. The second-order valence-electron chi connectivity index (χ2n) is 4.08. The maximum absolute atomic E-state index is 10.0. The van der Waals surface area contributed by atoms with Gasteiger partial charge in [-0.1, -0.05) is 17.0 Å². The summed E-state index contributed by atoms with van der Waals surface area (Å²) < 4.78 is 15.8. The molecule has 98 valence electrons. The second kappa shape index (κ2) is 5.82. The van der Waals surface area contributed by atoms with Gasteiger partial charge in [-0.25, -0.2) is 0 Å². The van der Waals surface area contributed by atoms with Gasteiger partial charge in [0.25, 0.3) is 0 Å². The normalized spacial score (nSPS) is 10.1. The zero-order valence-electron chi connectivity index (χ0n) is 11.2. The standard InChI is InChI=1S/C14H12B2O4/c1-18-11-5-8(15)3-4-10(11)20-13-7-9(16)6-12(19-2)14(13)17/h3-7,17H,1-2H3. The monoisotopic (exact) mass is 266 g/mol. The molecule has 20 heavy (non-hydrogen) atoms. The van der Waals surface area contributed by atoms with Crippen LogP contribution in [0.25, 0.3) is 0 Å². The summed E-state index contributed by atoms with van der Waals surface area (Å²) in [7, 11) is 14.3. The summed E-state index contributed by atoms with van der Waals surface area (Å²) in [6.45, 7) is 0. The Morgan fingerprint density at radius 2 is 1.40 bits per heavy atom. The van der Waals surface area contributed by atoms with Crippen LogP contribution in [0.1, 0.15) is 0 Å². The second-order valence-corrected chi connectivity index (χ2v) is 4.08. The first-order chi connectivity index (χ1) is 9.55. The van der Waals surface area contributed by atoms with E-state index in [1.807, 2.05) is 0 Å². The summed E-state index contributed by atoms with van der Waals surface area (Å²) in [4.78, 5) is 0. The lowest BCUT2D eigenvalue weighted by molar-refractivity contribution is 0.345. The van der Waals surface area contributed by atoms with Crippen LogP contribution in [-0.2, 0) is 0 Å². The number of benzene rings is 2. The molecule has 4 radical (unpaired) electrons. The predicted molar refractivity (Wildman–Crippen MR) is 78.5 cm³/mol. The highest BCUT2D eigenvalue weighted by Crippen LogP contribution is 2.39. The highest BCUT2D eigenvalue weighted by Gasteiger charge is 2.13. The number of hydrogen-bond acceptors (Lipinski definition) is 4. The van der Waals surface area contributed by atoms with Gasteiger partial charge in [0.05, 0.1) is 14.2 Å². The fraction of sp³-hybridized carbons (Fsp3) is 0.143. The minimum absolute atomic E-state index is 0.138. The summed E-state index contributed by atoms with van der Waals surface area (Å²) in [6.07, 6.45) is 0. The number of phenolic OH excluding ortho intramolecular Hbond substituents is 1. The number of hydrogen-bond donors (Lipinski definition) is 1. The molecule has 0 aliphatic heterocycles. The molecular formula is C14H12B2O4. The minimum Gasteiger partial charge on any atom is -0.502 e. The lowest BCUT2D eigenvalue weighted by atomic mass is 9.95. The van der Waals surface area contributed by atoms with Gasteiger partial charge in [0, 0.05) is 0 Å². The maximum atomic E-state index is 10.0. The van der Waals surface area contributed by atoms with Crippen LogP contribution >= 0.6 is 0 Å². The maximum Gasteiger partial charge on any atom is 0.201 e. The van der Waals surface area contributed by atoms with Gasteiger partial charge in [0.2, 0.25) is 5.75 Å². The minimum atomic E-state index is -0.138. The van der Waals surface area contributed by atoms with E-state index in [0.29, 0.717) is 22.4 Å². The largest absolute Gasteiger partial charge is 0.502 e. The third kappa shape index (κ3) is 2.85. The highest BCUT2D eigenvalue weighted by molar-refractivity contribution is 6.33. The molecule has 0 fully saturated rings. The van der Waals surface area contributed by atoms with Crippen molar-refractivity contribution in [2.24, 2.45) is 0 Å². The summed E-state index contributed by atoms with van der Waals surface area (Å²) in [5.74, 6) is 1.12. The fourth-order valence-electron chi connectivity index (χ4n) is 1.72. The molecule has 2 aromatic carbocycles. The van der Waals surface area contributed by atoms with E-state index in [2.05, 4.69) is 0 Å². The van der Waals surface area contributed by atoms with Crippen molar-refractivity contribution in [3.63, 3.8) is 0 Å². The zero-order valence-corrected chi connectivity index (χ0v) is 11.2. The lowest BCUT2D eigenvalue weighted by Gasteiger charge is -2.14. The number of phenols is 1. The van der Waals surface area contributed by atoms with Gasteiger partial charge in [-0.15, -0.1) is 0 Å². The predicted octanol–water partition coefficient (Wildman–Crippen LogP) is 0.789. The van der Waals surface area contributed by atoms with Crippen LogP contribution in [0.15, 0.2) is 30.3 Å². The van der Waals surface area contributed by atoms with Crippen LogP contribution in [0.5, 0.6) is 28.7 Å². The third-order valence-corrected chi connectivity index (χ3v) is 2.69. The van der Waals surface area contributed by atoms with E-state index >= 15 is 0 Å². The van der Waals surface area contributed by atoms with Crippen molar-refractivity contribution in [2.75, 3.05) is 14.2 Å². The van der Waals surface area contributed by atoms with Crippen LogP contribution in [0.3, 0.4) is 0 Å². The molecule has 0 spiro atoms. The summed E-state index contributed by atoms with van der Waals surface area (Å²) in [6, 6.07) is 7.92. The van der Waals surface area contributed by atoms with Crippen LogP contribution in [0.4, 0.5) is 0 Å². The van der Waals surface area contributed by atoms with Crippen molar-refractivity contribution in [3.05, 3.63) is 30.3 Å². The number of aromatic hydroxyl groups is 1. The molecule has 0 saturated heterocycles. The Kier molecular flexibility index (Phi) is 4.13. The van der Waals surface area contributed by atoms with E-state index in [1.54, 1.807) is 18.2 Å². The summed E-state index contributed by atoms with van der Waals surface area (Å²) in [5.41, 5.74) is 0.952. The van der Waals surface area contributed by atoms with Crippen LogP contribution < -0.4 is 25.1 Å².